The first-order valence-electron chi connectivity index (χ1n) is 6.91. The van der Waals surface area contributed by atoms with Gasteiger partial charge in [0.25, 0.3) is 0 Å². The Labute approximate surface area is 147 Å². The second-order valence-electron chi connectivity index (χ2n) is 5.09. The van der Waals surface area contributed by atoms with Gasteiger partial charge < -0.3 is 5.32 Å². The van der Waals surface area contributed by atoms with Gasteiger partial charge in [0.05, 0.1) is 15.4 Å². The second-order valence-corrected chi connectivity index (χ2v) is 7.65. The molecule has 0 bridgehead atoms. The van der Waals surface area contributed by atoms with Crippen molar-refractivity contribution < 1.29 is 4.39 Å². The van der Waals surface area contributed by atoms with Crippen molar-refractivity contribution >= 4 is 46.1 Å². The van der Waals surface area contributed by atoms with Crippen molar-refractivity contribution in [1.82, 2.24) is 10.2 Å². The maximum atomic E-state index is 14.7. The quantitative estimate of drug-likeness (QED) is 0.768. The maximum absolute atomic E-state index is 14.7. The Kier molecular flexibility index (Phi) is 5.28. The van der Waals surface area contributed by atoms with Crippen LogP contribution in [0.3, 0.4) is 0 Å². The molecule has 0 aliphatic carbocycles. The molecular weight excluding hydrogens is 366 g/mol. The van der Waals surface area contributed by atoms with Crippen molar-refractivity contribution in [1.29, 1.82) is 0 Å². The molecule has 0 radical (unpaired) electrons. The highest BCUT2D eigenvalue weighted by Gasteiger charge is 2.30. The number of hydrogen-bond acceptors (Lipinski definition) is 3. The molecule has 22 heavy (non-hydrogen) atoms. The van der Waals surface area contributed by atoms with Crippen molar-refractivity contribution in [2.45, 2.75) is 6.04 Å². The zero-order valence-electron chi connectivity index (χ0n) is 11.6. The van der Waals surface area contributed by atoms with Gasteiger partial charge in [-0.1, -0.05) is 34.8 Å². The fourth-order valence-corrected chi connectivity index (χ4v) is 4.33. The summed E-state index contributed by atoms with van der Waals surface area (Å²) in [6.07, 6.45) is 0. The van der Waals surface area contributed by atoms with Crippen molar-refractivity contribution in [3.8, 4) is 0 Å². The van der Waals surface area contributed by atoms with E-state index in [1.165, 1.54) is 17.4 Å². The second kappa shape index (κ2) is 7.04. The molecule has 3 rings (SSSR count). The lowest BCUT2D eigenvalue weighted by atomic mass is 10.0. The van der Waals surface area contributed by atoms with Crippen molar-refractivity contribution in [3.05, 3.63) is 54.9 Å². The molecule has 2 aromatic rings. The Morgan fingerprint density at radius 2 is 1.73 bits per heavy atom. The minimum Gasteiger partial charge on any atom is -0.314 e. The third kappa shape index (κ3) is 3.28. The number of piperazine rings is 1. The Bertz CT molecular complexity index is 671. The summed E-state index contributed by atoms with van der Waals surface area (Å²) in [6.45, 7) is 3.33. The Hall–Kier alpha value is -0.360. The van der Waals surface area contributed by atoms with Crippen LogP contribution >= 0.6 is 46.1 Å². The summed E-state index contributed by atoms with van der Waals surface area (Å²) in [4.78, 5) is 3.18. The maximum Gasteiger partial charge on any atom is 0.148 e. The molecule has 118 valence electrons. The van der Waals surface area contributed by atoms with Crippen LogP contribution in [-0.4, -0.2) is 31.1 Å². The number of hydrogen-bond donors (Lipinski definition) is 1. The first-order valence-corrected chi connectivity index (χ1v) is 8.86. The van der Waals surface area contributed by atoms with E-state index in [1.54, 1.807) is 6.07 Å². The number of benzene rings is 1. The summed E-state index contributed by atoms with van der Waals surface area (Å²) in [5.74, 6) is -0.456. The van der Waals surface area contributed by atoms with Crippen LogP contribution in [0.4, 0.5) is 4.39 Å². The normalized spacial score (nSPS) is 17.6. The number of nitrogens with zero attached hydrogens (tertiary/aromatic N) is 1. The molecule has 1 aliphatic heterocycles. The lowest BCUT2D eigenvalue weighted by Gasteiger charge is -2.35. The molecule has 1 saturated heterocycles. The zero-order chi connectivity index (χ0) is 15.7. The van der Waals surface area contributed by atoms with E-state index in [4.69, 9.17) is 34.8 Å². The first kappa shape index (κ1) is 16.5. The number of thiophene rings is 1. The predicted molar refractivity (Wildman–Crippen MR) is 92.0 cm³/mol. The van der Waals surface area contributed by atoms with E-state index in [-0.39, 0.29) is 11.1 Å². The zero-order valence-corrected chi connectivity index (χ0v) is 14.7. The molecule has 0 unspecified atom stereocenters. The molecule has 1 atom stereocenters. The highest BCUT2D eigenvalue weighted by molar-refractivity contribution is 7.16. The van der Waals surface area contributed by atoms with E-state index in [0.29, 0.717) is 14.9 Å². The van der Waals surface area contributed by atoms with E-state index in [9.17, 15) is 4.39 Å². The average Bonchev–Trinajstić information content (AvgIpc) is 2.94. The molecule has 1 aromatic heterocycles. The van der Waals surface area contributed by atoms with Gasteiger partial charge in [0.15, 0.2) is 0 Å². The number of nitrogens with one attached hydrogen (secondary N) is 1. The van der Waals surface area contributed by atoms with E-state index in [1.807, 2.05) is 12.1 Å². The smallest absolute Gasteiger partial charge is 0.148 e. The molecule has 1 aromatic carbocycles. The standard InChI is InChI=1S/C15H14Cl3FN2S/c16-9-1-2-10(17)14(19)13(9)15(11-3-4-12(18)22-11)21-7-5-20-6-8-21/h1-4,15,20H,5-8H2/t15-/m1/s1. The summed E-state index contributed by atoms with van der Waals surface area (Å²) in [5, 5.41) is 3.77. The van der Waals surface area contributed by atoms with Crippen molar-refractivity contribution in [2.24, 2.45) is 0 Å². The summed E-state index contributed by atoms with van der Waals surface area (Å²) in [6, 6.07) is 6.61. The fourth-order valence-electron chi connectivity index (χ4n) is 2.71. The molecule has 0 saturated carbocycles. The van der Waals surface area contributed by atoms with E-state index >= 15 is 0 Å². The SMILES string of the molecule is Fc1c(Cl)ccc(Cl)c1[C@@H](c1ccc(Cl)s1)N1CCNCC1. The van der Waals surface area contributed by atoms with Gasteiger partial charge in [-0.15, -0.1) is 11.3 Å². The summed E-state index contributed by atoms with van der Waals surface area (Å²) >= 11 is 19.8. The summed E-state index contributed by atoms with van der Waals surface area (Å²) in [7, 11) is 0. The molecule has 1 aliphatic rings. The molecular formula is C15H14Cl3FN2S. The highest BCUT2D eigenvalue weighted by atomic mass is 35.5. The average molecular weight is 380 g/mol. The lowest BCUT2D eigenvalue weighted by molar-refractivity contribution is 0.197. The minimum absolute atomic E-state index is 0.0854. The molecule has 1 N–H and O–H groups in total. The predicted octanol–water partition coefficient (Wildman–Crippen LogP) is 4.84. The third-order valence-electron chi connectivity index (χ3n) is 3.73. The van der Waals surface area contributed by atoms with Crippen molar-refractivity contribution in [3.63, 3.8) is 0 Å². The van der Waals surface area contributed by atoms with Gasteiger partial charge in [-0.3, -0.25) is 4.90 Å². The molecule has 7 heteroatoms. The Morgan fingerprint density at radius 3 is 2.36 bits per heavy atom. The Balaban J connectivity index is 2.11. The Morgan fingerprint density at radius 1 is 1.05 bits per heavy atom. The van der Waals surface area contributed by atoms with Gasteiger partial charge in [0.2, 0.25) is 0 Å². The molecule has 2 nitrogen and oxygen atoms in total. The van der Waals surface area contributed by atoms with Gasteiger partial charge in [-0.2, -0.15) is 0 Å². The molecule has 0 amide bonds. The fraction of sp³-hybridized carbons (Fsp3) is 0.333. The van der Waals surface area contributed by atoms with Crippen LogP contribution in [0.2, 0.25) is 14.4 Å². The van der Waals surface area contributed by atoms with Gasteiger partial charge in [-0.25, -0.2) is 4.39 Å². The molecule has 0 spiro atoms. The first-order chi connectivity index (χ1) is 10.6. The number of rotatable bonds is 3. The van der Waals surface area contributed by atoms with Gasteiger partial charge in [0, 0.05) is 41.6 Å². The minimum atomic E-state index is -0.456. The third-order valence-corrected chi connectivity index (χ3v) is 5.64. The number of halogens is 4. The monoisotopic (exact) mass is 378 g/mol. The summed E-state index contributed by atoms with van der Waals surface area (Å²) < 4.78 is 15.3. The van der Waals surface area contributed by atoms with Gasteiger partial charge >= 0.3 is 0 Å². The van der Waals surface area contributed by atoms with Crippen LogP contribution in [0.15, 0.2) is 24.3 Å². The van der Waals surface area contributed by atoms with Crippen molar-refractivity contribution in [2.75, 3.05) is 26.2 Å². The van der Waals surface area contributed by atoms with E-state index in [0.717, 1.165) is 31.1 Å². The van der Waals surface area contributed by atoms with Crippen LogP contribution in [0.25, 0.3) is 0 Å². The largest absolute Gasteiger partial charge is 0.314 e. The van der Waals surface area contributed by atoms with E-state index < -0.39 is 5.82 Å². The van der Waals surface area contributed by atoms with Gasteiger partial charge in [-0.05, 0) is 24.3 Å². The molecule has 2 heterocycles. The lowest BCUT2D eigenvalue weighted by Crippen LogP contribution is -2.45. The van der Waals surface area contributed by atoms with Gasteiger partial charge in [0.1, 0.15) is 5.82 Å². The van der Waals surface area contributed by atoms with Crippen LogP contribution in [0, 0.1) is 5.82 Å². The molecule has 1 fully saturated rings. The van der Waals surface area contributed by atoms with E-state index in [2.05, 4.69) is 10.2 Å². The summed E-state index contributed by atoms with van der Waals surface area (Å²) in [5.41, 5.74) is 0.426. The van der Waals surface area contributed by atoms with Crippen LogP contribution in [-0.2, 0) is 0 Å². The van der Waals surface area contributed by atoms with Crippen LogP contribution in [0.1, 0.15) is 16.5 Å². The van der Waals surface area contributed by atoms with Crippen LogP contribution in [0.5, 0.6) is 0 Å². The van der Waals surface area contributed by atoms with Crippen LogP contribution < -0.4 is 5.32 Å². The highest BCUT2D eigenvalue weighted by Crippen LogP contribution is 2.41. The topological polar surface area (TPSA) is 15.3 Å².